The van der Waals surface area contributed by atoms with Crippen LogP contribution in [0.3, 0.4) is 0 Å². The third kappa shape index (κ3) is 10.8. The second-order valence-electron chi connectivity index (χ2n) is 9.31. The standard InChI is InChI=1S/C26H45N7O3S/c1-6-21(5)27-26(34)33(9-4)20-24-28-25(30-29-24)23(17-16-22-14-11-10-12-15-22)31-37(35,36)19-13-18-32(7-2)8-3/h10-12,14-15,21,23,31H,6-9,13,16-20H2,1-5H3,(H,27,34)(H,28,29,30)/t21?,23-/m1/s1. The average Bonchev–Trinajstić information content (AvgIpc) is 3.36. The Hall–Kier alpha value is -2.50. The number of rotatable bonds is 17. The van der Waals surface area contributed by atoms with Crippen LogP contribution in [0, 0.1) is 0 Å². The molecule has 2 atom stereocenters. The number of carbonyl (C=O) groups excluding carboxylic acids is 1. The molecule has 0 fully saturated rings. The Labute approximate surface area is 222 Å². The Balaban J connectivity index is 2.13. The van der Waals surface area contributed by atoms with Crippen molar-refractivity contribution in [1.29, 1.82) is 0 Å². The molecule has 1 aromatic heterocycles. The zero-order chi connectivity index (χ0) is 27.3. The minimum atomic E-state index is -3.54. The molecule has 0 aliphatic rings. The number of H-pyrrole nitrogens is 1. The lowest BCUT2D eigenvalue weighted by Crippen LogP contribution is -2.43. The molecule has 208 valence electrons. The van der Waals surface area contributed by atoms with Gasteiger partial charge >= 0.3 is 6.03 Å². The van der Waals surface area contributed by atoms with Crippen LogP contribution in [0.25, 0.3) is 0 Å². The molecule has 0 spiro atoms. The number of nitrogens with one attached hydrogen (secondary N) is 3. The minimum Gasteiger partial charge on any atom is -0.336 e. The number of aromatic amines is 1. The quantitative estimate of drug-likeness (QED) is 0.285. The van der Waals surface area contributed by atoms with E-state index in [0.29, 0.717) is 37.5 Å². The highest BCUT2D eigenvalue weighted by Crippen LogP contribution is 2.18. The molecule has 3 N–H and O–H groups in total. The summed E-state index contributed by atoms with van der Waals surface area (Å²) in [5.41, 5.74) is 1.11. The fourth-order valence-corrected chi connectivity index (χ4v) is 5.22. The largest absolute Gasteiger partial charge is 0.336 e. The van der Waals surface area contributed by atoms with Gasteiger partial charge < -0.3 is 15.1 Å². The topological polar surface area (TPSA) is 123 Å². The predicted molar refractivity (Wildman–Crippen MR) is 148 cm³/mol. The summed E-state index contributed by atoms with van der Waals surface area (Å²) < 4.78 is 28.8. The molecule has 0 radical (unpaired) electrons. The molecule has 37 heavy (non-hydrogen) atoms. The number of aromatic nitrogens is 3. The lowest BCUT2D eigenvalue weighted by Gasteiger charge is -2.22. The number of carbonyl (C=O) groups is 1. The fraction of sp³-hybridized carbons (Fsp3) is 0.654. The van der Waals surface area contributed by atoms with Gasteiger partial charge in [-0.15, -0.1) is 0 Å². The van der Waals surface area contributed by atoms with Gasteiger partial charge in [-0.1, -0.05) is 51.1 Å². The van der Waals surface area contributed by atoms with Crippen molar-refractivity contribution in [2.45, 2.75) is 78.9 Å². The maximum Gasteiger partial charge on any atom is 0.318 e. The summed E-state index contributed by atoms with van der Waals surface area (Å²) in [5.74, 6) is 0.945. The predicted octanol–water partition coefficient (Wildman–Crippen LogP) is 3.46. The number of aryl methyl sites for hydroxylation is 1. The third-order valence-corrected chi connectivity index (χ3v) is 7.99. The Bertz CT molecular complexity index is 1030. The van der Waals surface area contributed by atoms with Crippen LogP contribution in [0.4, 0.5) is 4.79 Å². The van der Waals surface area contributed by atoms with Crippen molar-refractivity contribution in [1.82, 2.24) is 35.0 Å². The van der Waals surface area contributed by atoms with E-state index in [2.05, 4.69) is 44.0 Å². The molecule has 0 aliphatic carbocycles. The van der Waals surface area contributed by atoms with Crippen LogP contribution in [0.15, 0.2) is 30.3 Å². The molecule has 0 bridgehead atoms. The van der Waals surface area contributed by atoms with Gasteiger partial charge in [0.25, 0.3) is 0 Å². The van der Waals surface area contributed by atoms with E-state index in [1.807, 2.05) is 51.1 Å². The highest BCUT2D eigenvalue weighted by molar-refractivity contribution is 7.89. The molecule has 0 aliphatic heterocycles. The van der Waals surface area contributed by atoms with Gasteiger partial charge in [0, 0.05) is 12.6 Å². The van der Waals surface area contributed by atoms with Crippen molar-refractivity contribution in [3.8, 4) is 0 Å². The Kier molecular flexibility index (Phi) is 13.0. The Morgan fingerprint density at radius 1 is 1.08 bits per heavy atom. The zero-order valence-corrected chi connectivity index (χ0v) is 23.9. The summed E-state index contributed by atoms with van der Waals surface area (Å²) in [6.07, 6.45) is 2.59. The zero-order valence-electron chi connectivity index (χ0n) is 23.0. The van der Waals surface area contributed by atoms with Gasteiger partial charge in [0.2, 0.25) is 10.0 Å². The van der Waals surface area contributed by atoms with Crippen molar-refractivity contribution in [2.75, 3.05) is 31.9 Å². The van der Waals surface area contributed by atoms with Crippen molar-refractivity contribution in [3.63, 3.8) is 0 Å². The van der Waals surface area contributed by atoms with Gasteiger partial charge in [-0.25, -0.2) is 22.9 Å². The molecule has 1 aromatic carbocycles. The van der Waals surface area contributed by atoms with Crippen molar-refractivity contribution in [2.24, 2.45) is 0 Å². The molecular formula is C26H45N7O3S. The van der Waals surface area contributed by atoms with E-state index in [4.69, 9.17) is 0 Å². The Morgan fingerprint density at radius 2 is 1.78 bits per heavy atom. The van der Waals surface area contributed by atoms with Crippen molar-refractivity contribution >= 4 is 16.1 Å². The number of amides is 2. The van der Waals surface area contributed by atoms with Crippen LogP contribution in [-0.2, 0) is 23.0 Å². The summed E-state index contributed by atoms with van der Waals surface area (Å²) in [6.45, 7) is 13.3. The second-order valence-corrected chi connectivity index (χ2v) is 11.2. The van der Waals surface area contributed by atoms with E-state index in [1.54, 1.807) is 4.90 Å². The van der Waals surface area contributed by atoms with Crippen LogP contribution >= 0.6 is 0 Å². The second kappa shape index (κ2) is 15.7. The molecular weight excluding hydrogens is 490 g/mol. The smallest absolute Gasteiger partial charge is 0.318 e. The summed E-state index contributed by atoms with van der Waals surface area (Å²) in [6, 6.07) is 9.27. The average molecular weight is 536 g/mol. The maximum absolute atomic E-state index is 13.0. The normalized spacial score (nSPS) is 13.5. The third-order valence-electron chi connectivity index (χ3n) is 6.52. The lowest BCUT2D eigenvalue weighted by molar-refractivity contribution is 0.193. The van der Waals surface area contributed by atoms with Crippen LogP contribution in [0.5, 0.6) is 0 Å². The minimum absolute atomic E-state index is 0.0437. The van der Waals surface area contributed by atoms with Crippen molar-refractivity contribution in [3.05, 3.63) is 47.5 Å². The van der Waals surface area contributed by atoms with Gasteiger partial charge in [0.05, 0.1) is 18.3 Å². The number of sulfonamides is 1. The number of urea groups is 1. The molecule has 0 saturated heterocycles. The molecule has 2 rings (SSSR count). The van der Waals surface area contributed by atoms with E-state index in [0.717, 1.165) is 31.6 Å². The van der Waals surface area contributed by atoms with Gasteiger partial charge in [0.1, 0.15) is 5.82 Å². The molecule has 10 nitrogen and oxygen atoms in total. The van der Waals surface area contributed by atoms with Gasteiger partial charge in [-0.05, 0) is 64.7 Å². The monoisotopic (exact) mass is 535 g/mol. The molecule has 2 amide bonds. The van der Waals surface area contributed by atoms with Crippen molar-refractivity contribution < 1.29 is 13.2 Å². The number of hydrogen-bond acceptors (Lipinski definition) is 6. The fourth-order valence-electron chi connectivity index (χ4n) is 3.94. The van der Waals surface area contributed by atoms with Gasteiger partial charge in [-0.3, -0.25) is 5.10 Å². The van der Waals surface area contributed by atoms with E-state index < -0.39 is 16.1 Å². The molecule has 0 saturated carbocycles. The van der Waals surface area contributed by atoms with E-state index in [9.17, 15) is 13.2 Å². The first kappa shape index (κ1) is 30.7. The molecule has 1 heterocycles. The lowest BCUT2D eigenvalue weighted by atomic mass is 10.1. The molecule has 11 heteroatoms. The van der Waals surface area contributed by atoms with E-state index in [-0.39, 0.29) is 24.4 Å². The SMILES string of the molecule is CCC(C)NC(=O)N(CC)Cc1nc([C@@H](CCc2ccccc2)NS(=O)(=O)CCCN(CC)CC)n[nH]1. The van der Waals surface area contributed by atoms with Crippen LogP contribution in [-0.4, -0.2) is 77.4 Å². The van der Waals surface area contributed by atoms with Gasteiger partial charge in [-0.2, -0.15) is 5.10 Å². The molecule has 1 unspecified atom stereocenters. The number of nitrogens with zero attached hydrogens (tertiary/aromatic N) is 4. The van der Waals surface area contributed by atoms with Crippen LogP contribution < -0.4 is 10.0 Å². The highest BCUT2D eigenvalue weighted by atomic mass is 32.2. The van der Waals surface area contributed by atoms with E-state index in [1.165, 1.54) is 0 Å². The van der Waals surface area contributed by atoms with Crippen LogP contribution in [0.2, 0.25) is 0 Å². The first-order valence-electron chi connectivity index (χ1n) is 13.4. The summed E-state index contributed by atoms with van der Waals surface area (Å²) in [5, 5.41) is 10.2. The van der Waals surface area contributed by atoms with Crippen LogP contribution in [0.1, 0.15) is 77.1 Å². The Morgan fingerprint density at radius 3 is 2.41 bits per heavy atom. The number of benzene rings is 1. The maximum atomic E-state index is 13.0. The molecule has 2 aromatic rings. The first-order valence-corrected chi connectivity index (χ1v) is 15.1. The number of hydrogen-bond donors (Lipinski definition) is 3. The summed E-state index contributed by atoms with van der Waals surface area (Å²) in [7, 11) is -3.54. The summed E-state index contributed by atoms with van der Waals surface area (Å²) in [4.78, 5) is 21.0. The van der Waals surface area contributed by atoms with E-state index >= 15 is 0 Å². The highest BCUT2D eigenvalue weighted by Gasteiger charge is 2.24. The summed E-state index contributed by atoms with van der Waals surface area (Å²) >= 11 is 0. The first-order chi connectivity index (χ1) is 17.7. The van der Waals surface area contributed by atoms with Gasteiger partial charge in [0.15, 0.2) is 5.82 Å².